The summed E-state index contributed by atoms with van der Waals surface area (Å²) in [5, 5.41) is 3.85. The van der Waals surface area contributed by atoms with Crippen LogP contribution in [-0.2, 0) is 9.63 Å². The molecule has 0 heterocycles. The lowest BCUT2D eigenvalue weighted by atomic mass is 9.99. The Morgan fingerprint density at radius 2 is 1.69 bits per heavy atom. The smallest absolute Gasteiger partial charge is 0.319 e. The van der Waals surface area contributed by atoms with E-state index < -0.39 is 0 Å². The van der Waals surface area contributed by atoms with Gasteiger partial charge in [-0.25, -0.2) is 4.79 Å². The number of carbonyl (C=O) groups is 1. The molecule has 13 heavy (non-hydrogen) atoms. The molecule has 3 nitrogen and oxygen atoms in total. The molecule has 1 aliphatic carbocycles. The maximum absolute atomic E-state index is 10.5. The molecule has 1 saturated carbocycles. The summed E-state index contributed by atoms with van der Waals surface area (Å²) in [7, 11) is 0. The molecule has 0 aromatic carbocycles. The van der Waals surface area contributed by atoms with Gasteiger partial charge < -0.3 is 4.84 Å². The summed E-state index contributed by atoms with van der Waals surface area (Å²) in [5.74, 6) is -0.324. The molecule has 0 unspecified atom stereocenters. The van der Waals surface area contributed by atoms with E-state index in [0.29, 0.717) is 0 Å². The molecule has 0 amide bonds. The Hall–Kier alpha value is -0.860. The van der Waals surface area contributed by atoms with Crippen LogP contribution in [-0.4, -0.2) is 11.7 Å². The predicted octanol–water partition coefficient (Wildman–Crippen LogP) is 2.65. The minimum Gasteiger partial charge on any atom is -0.319 e. The fourth-order valence-electron chi connectivity index (χ4n) is 1.53. The van der Waals surface area contributed by atoms with Gasteiger partial charge in [0.25, 0.3) is 0 Å². The number of hydrogen-bond donors (Lipinski definition) is 0. The van der Waals surface area contributed by atoms with Crippen LogP contribution in [0.5, 0.6) is 0 Å². The highest BCUT2D eigenvalue weighted by Gasteiger charge is 2.05. The lowest BCUT2D eigenvalue weighted by Gasteiger charge is -2.09. The Balaban J connectivity index is 2.36. The first kappa shape index (κ1) is 10.2. The fourth-order valence-corrected chi connectivity index (χ4v) is 1.53. The van der Waals surface area contributed by atoms with Gasteiger partial charge in [0, 0.05) is 6.92 Å². The first-order valence-electron chi connectivity index (χ1n) is 5.02. The fraction of sp³-hybridized carbons (Fsp3) is 0.800. The van der Waals surface area contributed by atoms with Gasteiger partial charge >= 0.3 is 5.97 Å². The average Bonchev–Trinajstić information content (AvgIpc) is 2.01. The molecular formula is C10H17NO2. The summed E-state index contributed by atoms with van der Waals surface area (Å²) in [6.45, 7) is 1.38. The number of hydrogen-bond acceptors (Lipinski definition) is 3. The predicted molar refractivity (Wildman–Crippen MR) is 51.5 cm³/mol. The van der Waals surface area contributed by atoms with Crippen LogP contribution in [0.15, 0.2) is 5.16 Å². The summed E-state index contributed by atoms with van der Waals surface area (Å²) in [5.41, 5.74) is 1.05. The molecule has 0 N–H and O–H groups in total. The summed E-state index contributed by atoms with van der Waals surface area (Å²) >= 11 is 0. The Labute approximate surface area is 79.1 Å². The van der Waals surface area contributed by atoms with E-state index in [1.165, 1.54) is 39.0 Å². The number of oxime groups is 1. The maximum Gasteiger partial charge on any atom is 0.331 e. The van der Waals surface area contributed by atoms with Gasteiger partial charge in [-0.05, 0) is 25.7 Å². The molecule has 3 heteroatoms. The Kier molecular flexibility index (Phi) is 4.50. The van der Waals surface area contributed by atoms with Crippen LogP contribution in [0, 0.1) is 0 Å². The van der Waals surface area contributed by atoms with E-state index in [2.05, 4.69) is 9.99 Å². The molecular weight excluding hydrogens is 166 g/mol. The molecule has 1 fully saturated rings. The van der Waals surface area contributed by atoms with Gasteiger partial charge in [-0.2, -0.15) is 0 Å². The third-order valence-corrected chi connectivity index (χ3v) is 2.23. The van der Waals surface area contributed by atoms with Gasteiger partial charge in [0.1, 0.15) is 0 Å². The van der Waals surface area contributed by atoms with Gasteiger partial charge in [0.15, 0.2) is 0 Å². The number of carbonyl (C=O) groups excluding carboxylic acids is 1. The second-order valence-corrected chi connectivity index (χ2v) is 3.51. The first-order chi connectivity index (χ1) is 6.29. The highest BCUT2D eigenvalue weighted by Crippen LogP contribution is 2.15. The molecule has 0 aliphatic heterocycles. The van der Waals surface area contributed by atoms with E-state index in [1.807, 2.05) is 0 Å². The monoisotopic (exact) mass is 183 g/mol. The first-order valence-corrected chi connectivity index (χ1v) is 5.02. The molecule has 74 valence electrons. The Morgan fingerprint density at radius 1 is 1.15 bits per heavy atom. The zero-order chi connectivity index (χ0) is 9.52. The molecule has 1 rings (SSSR count). The van der Waals surface area contributed by atoms with Crippen LogP contribution in [0.2, 0.25) is 0 Å². The molecule has 0 spiro atoms. The maximum atomic E-state index is 10.5. The summed E-state index contributed by atoms with van der Waals surface area (Å²) in [6, 6.07) is 0. The highest BCUT2D eigenvalue weighted by atomic mass is 16.7. The van der Waals surface area contributed by atoms with Crippen molar-refractivity contribution in [2.24, 2.45) is 5.16 Å². The minimum atomic E-state index is -0.324. The van der Waals surface area contributed by atoms with Gasteiger partial charge in [-0.15, -0.1) is 0 Å². The second-order valence-electron chi connectivity index (χ2n) is 3.51. The van der Waals surface area contributed by atoms with Crippen LogP contribution < -0.4 is 0 Å². The Bertz CT molecular complexity index is 189. The van der Waals surface area contributed by atoms with Crippen LogP contribution in [0.4, 0.5) is 0 Å². The average molecular weight is 183 g/mol. The summed E-state index contributed by atoms with van der Waals surface area (Å²) < 4.78 is 0. The van der Waals surface area contributed by atoms with Crippen LogP contribution in [0.25, 0.3) is 0 Å². The lowest BCUT2D eigenvalue weighted by Crippen LogP contribution is -2.04. The number of rotatable bonds is 1. The van der Waals surface area contributed by atoms with Gasteiger partial charge in [-0.1, -0.05) is 24.4 Å². The van der Waals surface area contributed by atoms with Crippen molar-refractivity contribution in [1.29, 1.82) is 0 Å². The molecule has 0 saturated heterocycles. The standard InChI is InChI=1S/C10H17NO2/c1-9(12)13-11-10-7-5-3-2-4-6-8-10/h2-8H2,1H3. The van der Waals surface area contributed by atoms with E-state index >= 15 is 0 Å². The van der Waals surface area contributed by atoms with E-state index in [-0.39, 0.29) is 5.97 Å². The zero-order valence-corrected chi connectivity index (χ0v) is 8.21. The van der Waals surface area contributed by atoms with E-state index in [4.69, 9.17) is 0 Å². The minimum absolute atomic E-state index is 0.324. The molecule has 0 aromatic heterocycles. The normalized spacial score (nSPS) is 18.7. The van der Waals surface area contributed by atoms with Crippen molar-refractivity contribution in [2.75, 3.05) is 0 Å². The van der Waals surface area contributed by atoms with Crippen LogP contribution >= 0.6 is 0 Å². The van der Waals surface area contributed by atoms with E-state index in [9.17, 15) is 4.79 Å². The second kappa shape index (κ2) is 5.73. The zero-order valence-electron chi connectivity index (χ0n) is 8.21. The van der Waals surface area contributed by atoms with Crippen molar-refractivity contribution in [3.8, 4) is 0 Å². The SMILES string of the molecule is CC(=O)ON=C1CCCCCCC1. The highest BCUT2D eigenvalue weighted by molar-refractivity contribution is 5.84. The Morgan fingerprint density at radius 3 is 2.23 bits per heavy atom. The van der Waals surface area contributed by atoms with E-state index in [0.717, 1.165) is 18.6 Å². The van der Waals surface area contributed by atoms with Gasteiger partial charge in [-0.3, -0.25) is 0 Å². The van der Waals surface area contributed by atoms with Gasteiger partial charge in [0.2, 0.25) is 0 Å². The van der Waals surface area contributed by atoms with Crippen molar-refractivity contribution in [3.63, 3.8) is 0 Å². The molecule has 1 aliphatic rings. The van der Waals surface area contributed by atoms with Gasteiger partial charge in [0.05, 0.1) is 5.71 Å². The quantitative estimate of drug-likeness (QED) is 0.463. The largest absolute Gasteiger partial charge is 0.331 e. The lowest BCUT2D eigenvalue weighted by molar-refractivity contribution is -0.140. The summed E-state index contributed by atoms with van der Waals surface area (Å²) in [6.07, 6.45) is 8.24. The third kappa shape index (κ3) is 4.65. The van der Waals surface area contributed by atoms with Crippen molar-refractivity contribution in [2.45, 2.75) is 51.9 Å². The summed E-state index contributed by atoms with van der Waals surface area (Å²) in [4.78, 5) is 15.1. The van der Waals surface area contributed by atoms with Crippen molar-refractivity contribution < 1.29 is 9.63 Å². The topological polar surface area (TPSA) is 38.7 Å². The van der Waals surface area contributed by atoms with Crippen LogP contribution in [0.3, 0.4) is 0 Å². The molecule has 0 radical (unpaired) electrons. The van der Waals surface area contributed by atoms with Crippen LogP contribution in [0.1, 0.15) is 51.9 Å². The van der Waals surface area contributed by atoms with E-state index in [1.54, 1.807) is 0 Å². The third-order valence-electron chi connectivity index (χ3n) is 2.23. The van der Waals surface area contributed by atoms with Crippen molar-refractivity contribution >= 4 is 11.7 Å². The molecule has 0 atom stereocenters. The van der Waals surface area contributed by atoms with Crippen molar-refractivity contribution in [3.05, 3.63) is 0 Å². The molecule has 0 aromatic rings. The molecule has 0 bridgehead atoms. The van der Waals surface area contributed by atoms with Crippen molar-refractivity contribution in [1.82, 2.24) is 0 Å². The number of nitrogens with zero attached hydrogens (tertiary/aromatic N) is 1.